The fourth-order valence-electron chi connectivity index (χ4n) is 5.73. The Morgan fingerprint density at radius 2 is 1.58 bits per heavy atom. The molecule has 0 N–H and O–H groups in total. The maximum atomic E-state index is 13.6. The van der Waals surface area contributed by atoms with Crippen molar-refractivity contribution in [1.82, 2.24) is 18.7 Å². The second kappa shape index (κ2) is 12.2. The van der Waals surface area contributed by atoms with E-state index in [0.717, 1.165) is 39.0 Å². The number of methoxy groups -OCH3 is 1. The number of aryl methyl sites for hydroxylation is 4. The number of carbonyl (C=O) groups is 1. The van der Waals surface area contributed by atoms with Crippen LogP contribution in [-0.2, 0) is 26.1 Å². The summed E-state index contributed by atoms with van der Waals surface area (Å²) in [5, 5.41) is 0. The third kappa shape index (κ3) is 6.25. The molecule has 210 valence electrons. The Labute approximate surface area is 227 Å². The van der Waals surface area contributed by atoms with Crippen LogP contribution in [0.4, 0.5) is 0 Å². The largest absolute Gasteiger partial charge is 0.497 e. The quantitative estimate of drug-likeness (QED) is 0.456. The van der Waals surface area contributed by atoms with E-state index in [0.29, 0.717) is 41.4 Å². The second-order valence-electron chi connectivity index (χ2n) is 10.5. The Balaban J connectivity index is 1.25. The monoisotopic (exact) mass is 546 g/mol. The molecule has 0 saturated carbocycles. The average Bonchev–Trinajstić information content (AvgIpc) is 3.49. The molecule has 0 spiro atoms. The summed E-state index contributed by atoms with van der Waals surface area (Å²) >= 11 is 0. The number of ether oxygens (including phenoxy) is 2. The van der Waals surface area contributed by atoms with Gasteiger partial charge in [-0.25, -0.2) is 8.42 Å². The van der Waals surface area contributed by atoms with Crippen LogP contribution in [-0.4, -0.2) is 98.6 Å². The number of carbonyl (C=O) groups excluding carboxylic acids is 1. The van der Waals surface area contributed by atoms with Crippen LogP contribution in [0.15, 0.2) is 29.2 Å². The highest BCUT2D eigenvalue weighted by Gasteiger charge is 2.37. The molecular formula is C28H42N4O5S. The van der Waals surface area contributed by atoms with Crippen molar-refractivity contribution >= 4 is 15.9 Å². The summed E-state index contributed by atoms with van der Waals surface area (Å²) in [7, 11) is -2.11. The molecule has 0 radical (unpaired) electrons. The smallest absolute Gasteiger partial charge is 0.248 e. The number of nitrogens with zero attached hydrogens (tertiary/aromatic N) is 4. The van der Waals surface area contributed by atoms with E-state index in [1.54, 1.807) is 37.4 Å². The topological polar surface area (TPSA) is 84.3 Å². The third-order valence-electron chi connectivity index (χ3n) is 7.88. The summed E-state index contributed by atoms with van der Waals surface area (Å²) < 4.78 is 42.1. The number of rotatable bonds is 10. The zero-order valence-corrected chi connectivity index (χ0v) is 24.2. The molecule has 1 unspecified atom stereocenters. The maximum absolute atomic E-state index is 13.6. The van der Waals surface area contributed by atoms with Gasteiger partial charge < -0.3 is 18.9 Å². The molecule has 1 atom stereocenters. The molecule has 2 saturated heterocycles. The molecule has 2 aromatic rings. The summed E-state index contributed by atoms with van der Waals surface area (Å²) in [4.78, 5) is 17.4. The number of hydrogen-bond donors (Lipinski definition) is 0. The molecule has 1 aromatic heterocycles. The Bertz CT molecular complexity index is 1190. The molecule has 0 bridgehead atoms. The lowest BCUT2D eigenvalue weighted by atomic mass is 10.1. The van der Waals surface area contributed by atoms with Gasteiger partial charge in [-0.1, -0.05) is 0 Å². The summed E-state index contributed by atoms with van der Waals surface area (Å²) in [6.45, 7) is 13.5. The molecule has 10 heteroatoms. The van der Waals surface area contributed by atoms with E-state index >= 15 is 0 Å². The van der Waals surface area contributed by atoms with Crippen molar-refractivity contribution in [3.63, 3.8) is 0 Å². The maximum Gasteiger partial charge on any atom is 0.248 e. The van der Waals surface area contributed by atoms with Gasteiger partial charge in [-0.3, -0.25) is 9.69 Å². The highest BCUT2D eigenvalue weighted by molar-refractivity contribution is 7.89. The lowest BCUT2D eigenvalue weighted by Crippen LogP contribution is -2.50. The number of sulfonamides is 1. The standard InChI is InChI=1S/C28H42N4O5S/c1-21-17-26(36-5)18-22(2)28(21)38(34,35)32-10-6-7-25(32)19-37-20-27(33)30-14-11-29(12-15-30)13-16-31-23(3)8-9-24(31)4/h8-9,17-18,25H,6-7,10-16,19-20H2,1-5H3. The number of benzene rings is 1. The van der Waals surface area contributed by atoms with Gasteiger partial charge in [0.25, 0.3) is 0 Å². The van der Waals surface area contributed by atoms with Crippen LogP contribution in [0.25, 0.3) is 0 Å². The van der Waals surface area contributed by atoms with Gasteiger partial charge in [-0.2, -0.15) is 4.31 Å². The molecule has 4 rings (SSSR count). The summed E-state index contributed by atoms with van der Waals surface area (Å²) in [6.07, 6.45) is 1.50. The highest BCUT2D eigenvalue weighted by Crippen LogP contribution is 2.32. The normalized spacial score (nSPS) is 19.3. The van der Waals surface area contributed by atoms with Gasteiger partial charge in [0, 0.05) is 63.2 Å². The van der Waals surface area contributed by atoms with Gasteiger partial charge in [-0.15, -0.1) is 0 Å². The second-order valence-corrected chi connectivity index (χ2v) is 12.3. The molecule has 3 heterocycles. The fraction of sp³-hybridized carbons (Fsp3) is 0.607. The van der Waals surface area contributed by atoms with Crippen LogP contribution in [0, 0.1) is 27.7 Å². The predicted molar refractivity (Wildman–Crippen MR) is 147 cm³/mol. The number of amides is 1. The van der Waals surface area contributed by atoms with Gasteiger partial charge in [0.1, 0.15) is 12.4 Å². The first-order valence-electron chi connectivity index (χ1n) is 13.5. The summed E-state index contributed by atoms with van der Waals surface area (Å²) in [6, 6.07) is 7.53. The minimum absolute atomic E-state index is 0.0211. The Morgan fingerprint density at radius 1 is 0.947 bits per heavy atom. The molecule has 2 fully saturated rings. The molecule has 1 amide bonds. The van der Waals surface area contributed by atoms with Crippen molar-refractivity contribution in [1.29, 1.82) is 0 Å². The molecule has 38 heavy (non-hydrogen) atoms. The van der Waals surface area contributed by atoms with E-state index in [1.165, 1.54) is 11.4 Å². The summed E-state index contributed by atoms with van der Waals surface area (Å²) in [5.74, 6) is 0.613. The lowest BCUT2D eigenvalue weighted by molar-refractivity contribution is -0.138. The Kier molecular flexibility index (Phi) is 9.18. The number of aromatic nitrogens is 1. The van der Waals surface area contributed by atoms with Gasteiger partial charge >= 0.3 is 0 Å². The molecule has 2 aliphatic heterocycles. The fourth-order valence-corrected chi connectivity index (χ4v) is 7.83. The highest BCUT2D eigenvalue weighted by atomic mass is 32.2. The first kappa shape index (κ1) is 28.6. The van der Waals surface area contributed by atoms with Crippen molar-refractivity contribution in [2.75, 3.05) is 59.6 Å². The SMILES string of the molecule is COc1cc(C)c(S(=O)(=O)N2CCCC2COCC(=O)N2CCN(CCn3c(C)ccc3C)CC2)c(C)c1. The molecular weight excluding hydrogens is 504 g/mol. The molecule has 1 aromatic carbocycles. The molecule has 0 aliphatic carbocycles. The van der Waals surface area contributed by atoms with Crippen molar-refractivity contribution in [3.8, 4) is 5.75 Å². The van der Waals surface area contributed by atoms with Crippen LogP contribution in [0.3, 0.4) is 0 Å². The van der Waals surface area contributed by atoms with Crippen LogP contribution < -0.4 is 4.74 Å². The summed E-state index contributed by atoms with van der Waals surface area (Å²) in [5.41, 5.74) is 3.88. The van der Waals surface area contributed by atoms with Gasteiger partial charge in [0.2, 0.25) is 15.9 Å². The first-order chi connectivity index (χ1) is 18.1. The number of piperazine rings is 1. The van der Waals surface area contributed by atoms with Crippen molar-refractivity contribution < 1.29 is 22.7 Å². The van der Waals surface area contributed by atoms with Crippen molar-refractivity contribution in [2.24, 2.45) is 0 Å². The van der Waals surface area contributed by atoms with E-state index in [1.807, 2.05) is 4.90 Å². The van der Waals surface area contributed by atoms with Crippen LogP contribution in [0.1, 0.15) is 35.4 Å². The van der Waals surface area contributed by atoms with Gasteiger partial charge in [0.15, 0.2) is 0 Å². The van der Waals surface area contributed by atoms with Crippen molar-refractivity contribution in [2.45, 2.75) is 58.0 Å². The minimum atomic E-state index is -3.68. The zero-order chi connectivity index (χ0) is 27.4. The zero-order valence-electron chi connectivity index (χ0n) is 23.4. The van der Waals surface area contributed by atoms with E-state index < -0.39 is 10.0 Å². The third-order valence-corrected chi connectivity index (χ3v) is 10.1. The molecule has 9 nitrogen and oxygen atoms in total. The van der Waals surface area contributed by atoms with E-state index in [4.69, 9.17) is 9.47 Å². The Morgan fingerprint density at radius 3 is 2.18 bits per heavy atom. The van der Waals surface area contributed by atoms with Gasteiger partial charge in [0.05, 0.1) is 18.6 Å². The average molecular weight is 547 g/mol. The minimum Gasteiger partial charge on any atom is -0.497 e. The molecule has 2 aliphatic rings. The van der Waals surface area contributed by atoms with E-state index in [-0.39, 0.29) is 25.2 Å². The Hall–Kier alpha value is -2.40. The first-order valence-corrected chi connectivity index (χ1v) is 14.9. The lowest BCUT2D eigenvalue weighted by Gasteiger charge is -2.35. The van der Waals surface area contributed by atoms with Crippen LogP contribution in [0.5, 0.6) is 5.75 Å². The number of hydrogen-bond acceptors (Lipinski definition) is 6. The van der Waals surface area contributed by atoms with Gasteiger partial charge in [-0.05, 0) is 75.9 Å². The van der Waals surface area contributed by atoms with Crippen LogP contribution in [0.2, 0.25) is 0 Å². The van der Waals surface area contributed by atoms with E-state index in [2.05, 4.69) is 35.4 Å². The van der Waals surface area contributed by atoms with Crippen LogP contribution >= 0.6 is 0 Å². The van der Waals surface area contributed by atoms with E-state index in [9.17, 15) is 13.2 Å². The van der Waals surface area contributed by atoms with Crippen molar-refractivity contribution in [3.05, 3.63) is 46.8 Å². The predicted octanol–water partition coefficient (Wildman–Crippen LogP) is 2.74.